The Kier molecular flexibility index (Phi) is 2.52. The molecule has 0 bridgehead atoms. The second-order valence-corrected chi connectivity index (χ2v) is 4.03. The van der Waals surface area contributed by atoms with Crippen LogP contribution >= 0.6 is 0 Å². The molecule has 3 nitrogen and oxygen atoms in total. The summed E-state index contributed by atoms with van der Waals surface area (Å²) >= 11 is 0. The molecule has 3 rings (SSSR count). The molecular weight excluding hydrogens is 228 g/mol. The Morgan fingerprint density at radius 3 is 2.78 bits per heavy atom. The van der Waals surface area contributed by atoms with Crippen LogP contribution in [0.5, 0.6) is 5.75 Å². The van der Waals surface area contributed by atoms with E-state index >= 15 is 0 Å². The van der Waals surface area contributed by atoms with Gasteiger partial charge in [0.1, 0.15) is 5.75 Å². The van der Waals surface area contributed by atoms with Gasteiger partial charge in [-0.3, -0.25) is 0 Å². The van der Waals surface area contributed by atoms with E-state index in [4.69, 9.17) is 9.47 Å². The topological polar surface area (TPSA) is 35.5 Å². The minimum Gasteiger partial charge on any atom is -0.460 e. The van der Waals surface area contributed by atoms with Gasteiger partial charge in [-0.1, -0.05) is 30.3 Å². The van der Waals surface area contributed by atoms with E-state index in [0.29, 0.717) is 12.4 Å². The van der Waals surface area contributed by atoms with Gasteiger partial charge < -0.3 is 9.47 Å². The third-order valence-electron chi connectivity index (χ3n) is 2.88. The first-order chi connectivity index (χ1) is 8.79. The molecule has 2 aromatic rings. The lowest BCUT2D eigenvalue weighted by Crippen LogP contribution is -2.14. The zero-order chi connectivity index (χ0) is 12.5. The van der Waals surface area contributed by atoms with Crippen molar-refractivity contribution < 1.29 is 14.3 Å². The average Bonchev–Trinajstić information content (AvgIpc) is 2.39. The number of esters is 1. The number of benzene rings is 2. The number of carbonyl (C=O) groups is 1. The Bertz CT molecular complexity index is 651. The fourth-order valence-electron chi connectivity index (χ4n) is 2.13. The summed E-state index contributed by atoms with van der Waals surface area (Å²) in [5, 5.41) is 2.14. The largest absolute Gasteiger partial charge is 0.460 e. The van der Waals surface area contributed by atoms with Crippen molar-refractivity contribution in [3.05, 3.63) is 47.7 Å². The van der Waals surface area contributed by atoms with E-state index < -0.39 is 5.97 Å². The summed E-state index contributed by atoms with van der Waals surface area (Å²) in [5.74, 6) is 0.515. The fraction of sp³-hybridized carbons (Fsp3) is 0.133. The first-order valence-electron chi connectivity index (χ1n) is 5.88. The zero-order valence-corrected chi connectivity index (χ0v) is 9.97. The third kappa shape index (κ3) is 1.64. The van der Waals surface area contributed by atoms with Gasteiger partial charge in [-0.05, 0) is 30.0 Å². The molecule has 1 aliphatic rings. The highest BCUT2D eigenvalue weighted by Gasteiger charge is 2.20. The normalized spacial score (nSPS) is 12.8. The van der Waals surface area contributed by atoms with Crippen molar-refractivity contribution in [2.24, 2.45) is 0 Å². The molecule has 0 unspecified atom stereocenters. The summed E-state index contributed by atoms with van der Waals surface area (Å²) in [6.45, 7) is 2.11. The second kappa shape index (κ2) is 4.18. The van der Waals surface area contributed by atoms with Crippen molar-refractivity contribution in [3.8, 4) is 5.75 Å². The maximum atomic E-state index is 11.7. The van der Waals surface area contributed by atoms with Crippen molar-refractivity contribution in [2.75, 3.05) is 6.61 Å². The van der Waals surface area contributed by atoms with Crippen LogP contribution in [-0.2, 0) is 9.53 Å². The van der Waals surface area contributed by atoms with Gasteiger partial charge >= 0.3 is 5.97 Å². The molecule has 0 saturated carbocycles. The summed E-state index contributed by atoms with van der Waals surface area (Å²) < 4.78 is 10.6. The SMILES string of the molecule is CCOC(=O)C1=Cc2cccc3cccc(c23)O1. The molecule has 0 N–H and O–H groups in total. The van der Waals surface area contributed by atoms with Crippen LogP contribution in [0, 0.1) is 0 Å². The van der Waals surface area contributed by atoms with Crippen LogP contribution in [0.4, 0.5) is 0 Å². The number of rotatable bonds is 2. The molecule has 1 heterocycles. The molecule has 0 aromatic heterocycles. The summed E-state index contributed by atoms with van der Waals surface area (Å²) in [4.78, 5) is 11.7. The molecular formula is C15H12O3. The second-order valence-electron chi connectivity index (χ2n) is 4.03. The van der Waals surface area contributed by atoms with Crippen molar-refractivity contribution >= 4 is 22.8 Å². The van der Waals surface area contributed by atoms with E-state index in [2.05, 4.69) is 0 Å². The third-order valence-corrected chi connectivity index (χ3v) is 2.88. The van der Waals surface area contributed by atoms with Crippen LogP contribution in [0.15, 0.2) is 42.2 Å². The molecule has 0 atom stereocenters. The summed E-state index contributed by atoms with van der Waals surface area (Å²) in [6, 6.07) is 11.7. The summed E-state index contributed by atoms with van der Waals surface area (Å²) in [5.41, 5.74) is 0.984. The van der Waals surface area contributed by atoms with Gasteiger partial charge in [0.05, 0.1) is 6.61 Å². The van der Waals surface area contributed by atoms with Crippen LogP contribution in [0.2, 0.25) is 0 Å². The lowest BCUT2D eigenvalue weighted by atomic mass is 10.0. The van der Waals surface area contributed by atoms with Gasteiger partial charge in [-0.2, -0.15) is 0 Å². The fourth-order valence-corrected chi connectivity index (χ4v) is 2.13. The number of hydrogen-bond acceptors (Lipinski definition) is 3. The van der Waals surface area contributed by atoms with Gasteiger partial charge in [-0.15, -0.1) is 0 Å². The zero-order valence-electron chi connectivity index (χ0n) is 9.97. The van der Waals surface area contributed by atoms with E-state index in [1.807, 2.05) is 36.4 Å². The highest BCUT2D eigenvalue weighted by atomic mass is 16.6. The smallest absolute Gasteiger partial charge is 0.374 e. The number of hydrogen-bond donors (Lipinski definition) is 0. The van der Waals surface area contributed by atoms with Crippen molar-refractivity contribution in [3.63, 3.8) is 0 Å². The Morgan fingerprint density at radius 2 is 2.00 bits per heavy atom. The minimum absolute atomic E-state index is 0.239. The van der Waals surface area contributed by atoms with E-state index in [1.165, 1.54) is 0 Å². The lowest BCUT2D eigenvalue weighted by Gasteiger charge is -2.17. The monoisotopic (exact) mass is 240 g/mol. The first-order valence-corrected chi connectivity index (χ1v) is 5.88. The molecule has 2 aromatic carbocycles. The van der Waals surface area contributed by atoms with Gasteiger partial charge in [0.2, 0.25) is 5.76 Å². The van der Waals surface area contributed by atoms with Gasteiger partial charge in [0, 0.05) is 5.39 Å². The van der Waals surface area contributed by atoms with E-state index in [9.17, 15) is 4.79 Å². The van der Waals surface area contributed by atoms with Gasteiger partial charge in [0.15, 0.2) is 0 Å². The summed E-state index contributed by atoms with van der Waals surface area (Å²) in [7, 11) is 0. The van der Waals surface area contributed by atoms with Crippen molar-refractivity contribution in [2.45, 2.75) is 6.92 Å². The predicted octanol–water partition coefficient (Wildman–Crippen LogP) is 3.14. The standard InChI is InChI=1S/C15H12O3/c1-2-17-15(16)13-9-11-7-3-5-10-6-4-8-12(18-13)14(10)11/h3-9H,2H2,1H3. The Morgan fingerprint density at radius 1 is 1.22 bits per heavy atom. The molecule has 0 spiro atoms. The molecule has 0 amide bonds. The number of ether oxygens (including phenoxy) is 2. The molecule has 0 radical (unpaired) electrons. The van der Waals surface area contributed by atoms with E-state index in [0.717, 1.165) is 16.3 Å². The van der Waals surface area contributed by atoms with Gasteiger partial charge in [0.25, 0.3) is 0 Å². The Labute approximate surface area is 105 Å². The minimum atomic E-state index is -0.427. The van der Waals surface area contributed by atoms with Crippen LogP contribution in [-0.4, -0.2) is 12.6 Å². The average molecular weight is 240 g/mol. The van der Waals surface area contributed by atoms with Crippen LogP contribution < -0.4 is 4.74 Å². The van der Waals surface area contributed by atoms with Crippen LogP contribution in [0.3, 0.4) is 0 Å². The van der Waals surface area contributed by atoms with E-state index in [1.54, 1.807) is 13.0 Å². The van der Waals surface area contributed by atoms with Crippen LogP contribution in [0.1, 0.15) is 12.5 Å². The molecule has 0 aliphatic carbocycles. The predicted molar refractivity (Wildman–Crippen MR) is 69.2 cm³/mol. The molecule has 0 saturated heterocycles. The van der Waals surface area contributed by atoms with Crippen LogP contribution in [0.25, 0.3) is 16.8 Å². The number of carbonyl (C=O) groups excluding carboxylic acids is 1. The summed E-state index contributed by atoms with van der Waals surface area (Å²) in [6.07, 6.45) is 1.73. The molecule has 1 aliphatic heterocycles. The van der Waals surface area contributed by atoms with Gasteiger partial charge in [-0.25, -0.2) is 4.79 Å². The molecule has 90 valence electrons. The first kappa shape index (κ1) is 10.8. The Hall–Kier alpha value is -2.29. The quantitative estimate of drug-likeness (QED) is 0.756. The molecule has 18 heavy (non-hydrogen) atoms. The lowest BCUT2D eigenvalue weighted by molar-refractivity contribution is -0.140. The molecule has 3 heteroatoms. The van der Waals surface area contributed by atoms with Crippen molar-refractivity contribution in [1.29, 1.82) is 0 Å². The highest BCUT2D eigenvalue weighted by molar-refractivity contribution is 6.02. The Balaban J connectivity index is 2.14. The highest BCUT2D eigenvalue weighted by Crippen LogP contribution is 2.35. The maximum Gasteiger partial charge on any atom is 0.374 e. The van der Waals surface area contributed by atoms with Crippen molar-refractivity contribution in [1.82, 2.24) is 0 Å². The van der Waals surface area contributed by atoms with E-state index in [-0.39, 0.29) is 5.76 Å². The molecule has 0 fully saturated rings. The maximum absolute atomic E-state index is 11.7.